The number of alkyl halides is 3. The predicted molar refractivity (Wildman–Crippen MR) is 60.5 cm³/mol. The molecule has 0 fully saturated rings. The smallest absolute Gasteiger partial charge is 0.376 e. The van der Waals surface area contributed by atoms with Crippen molar-refractivity contribution in [2.24, 2.45) is 0 Å². The van der Waals surface area contributed by atoms with Crippen LogP contribution >= 0.6 is 0 Å². The number of hydrogen-bond donors (Lipinski definition) is 1. The summed E-state index contributed by atoms with van der Waals surface area (Å²) in [5.74, 6) is -0.587. The molecule has 0 bridgehead atoms. The fraction of sp³-hybridized carbons (Fsp3) is 0.250. The maximum atomic E-state index is 12.0. The van der Waals surface area contributed by atoms with Gasteiger partial charge < -0.3 is 4.18 Å². The van der Waals surface area contributed by atoms with Crippen molar-refractivity contribution in [3.8, 4) is 5.75 Å². The Bertz CT molecular complexity index is 649. The molecule has 0 unspecified atom stereocenters. The lowest BCUT2D eigenvalue weighted by atomic mass is 10.3. The molecule has 1 aromatic rings. The molecule has 0 aliphatic heterocycles. The molecule has 0 saturated carbocycles. The largest absolute Gasteiger partial charge is 0.534 e. The Morgan fingerprint density at radius 3 is 1.89 bits per heavy atom. The lowest BCUT2D eigenvalue weighted by molar-refractivity contribution is -0.0500. The molecule has 108 valence electrons. The van der Waals surface area contributed by atoms with Crippen molar-refractivity contribution in [2.75, 3.05) is 11.0 Å². The van der Waals surface area contributed by atoms with Gasteiger partial charge in [-0.1, -0.05) is 0 Å². The number of nitrogens with one attached hydrogen (secondary N) is 1. The molecule has 1 aromatic carbocycles. The van der Waals surface area contributed by atoms with Gasteiger partial charge in [-0.05, 0) is 24.3 Å². The quantitative estimate of drug-likeness (QED) is 0.667. The third-order valence-corrected chi connectivity index (χ3v) is 3.23. The second-order valence-corrected chi connectivity index (χ2v) is 6.67. The Labute approximate surface area is 107 Å². The van der Waals surface area contributed by atoms with Gasteiger partial charge in [-0.15, -0.1) is 0 Å². The van der Waals surface area contributed by atoms with Gasteiger partial charge in [-0.2, -0.15) is 21.6 Å². The molecule has 6 nitrogen and oxygen atoms in total. The van der Waals surface area contributed by atoms with E-state index in [1.807, 2.05) is 4.72 Å². The topological polar surface area (TPSA) is 89.5 Å². The van der Waals surface area contributed by atoms with E-state index in [1.165, 1.54) is 0 Å². The predicted octanol–water partition coefficient (Wildman–Crippen LogP) is 1.29. The number of hydrogen-bond acceptors (Lipinski definition) is 5. The van der Waals surface area contributed by atoms with E-state index in [-0.39, 0.29) is 5.69 Å². The molecule has 0 radical (unpaired) electrons. The van der Waals surface area contributed by atoms with Crippen LogP contribution < -0.4 is 8.91 Å². The summed E-state index contributed by atoms with van der Waals surface area (Å²) >= 11 is 0. The summed E-state index contributed by atoms with van der Waals surface area (Å²) in [6.45, 7) is 0. The van der Waals surface area contributed by atoms with E-state index in [0.717, 1.165) is 30.5 Å². The second-order valence-electron chi connectivity index (χ2n) is 3.38. The zero-order valence-corrected chi connectivity index (χ0v) is 10.9. The lowest BCUT2D eigenvalue weighted by Crippen LogP contribution is -2.28. The van der Waals surface area contributed by atoms with Gasteiger partial charge in [0.2, 0.25) is 10.0 Å². The molecule has 0 aromatic heterocycles. The van der Waals surface area contributed by atoms with Crippen LogP contribution in [0.5, 0.6) is 5.75 Å². The minimum Gasteiger partial charge on any atom is -0.376 e. The monoisotopic (exact) mass is 319 g/mol. The van der Waals surface area contributed by atoms with Gasteiger partial charge in [0, 0.05) is 5.69 Å². The Morgan fingerprint density at radius 1 is 1.05 bits per heavy atom. The van der Waals surface area contributed by atoms with Gasteiger partial charge in [0.25, 0.3) is 0 Å². The third kappa shape index (κ3) is 4.59. The Morgan fingerprint density at radius 2 is 1.53 bits per heavy atom. The van der Waals surface area contributed by atoms with Crippen molar-refractivity contribution in [2.45, 2.75) is 5.51 Å². The van der Waals surface area contributed by atoms with E-state index in [2.05, 4.69) is 4.18 Å². The first-order valence-electron chi connectivity index (χ1n) is 4.49. The minimum atomic E-state index is -5.74. The van der Waals surface area contributed by atoms with Gasteiger partial charge in [0.1, 0.15) is 5.75 Å². The zero-order valence-electron chi connectivity index (χ0n) is 9.30. The summed E-state index contributed by atoms with van der Waals surface area (Å²) in [7, 11) is -9.27. The van der Waals surface area contributed by atoms with E-state index >= 15 is 0 Å². The molecule has 0 atom stereocenters. The van der Waals surface area contributed by atoms with Gasteiger partial charge in [-0.25, -0.2) is 8.42 Å². The number of halogens is 3. The summed E-state index contributed by atoms with van der Waals surface area (Å²) in [4.78, 5) is 0. The summed E-state index contributed by atoms with van der Waals surface area (Å²) in [5.41, 5.74) is -5.48. The highest BCUT2D eigenvalue weighted by molar-refractivity contribution is 7.92. The average Bonchev–Trinajstić information content (AvgIpc) is 2.16. The van der Waals surface area contributed by atoms with E-state index < -0.39 is 31.4 Å². The molecule has 1 rings (SSSR count). The molecule has 19 heavy (non-hydrogen) atoms. The summed E-state index contributed by atoms with van der Waals surface area (Å²) in [6, 6.07) is 3.89. The third-order valence-electron chi connectivity index (χ3n) is 1.65. The number of benzene rings is 1. The standard InChI is InChI=1S/C8H8F3NO5S2/c1-18(13,14)12-6-2-4-7(5-3-6)17-19(15,16)8(9,10)11/h2-5,12H,1H3. The molecule has 0 heterocycles. The van der Waals surface area contributed by atoms with Crippen molar-refractivity contribution < 1.29 is 34.2 Å². The summed E-state index contributed by atoms with van der Waals surface area (Å²) in [5, 5.41) is 0. The first kappa shape index (κ1) is 15.6. The zero-order chi connectivity index (χ0) is 14.9. The van der Waals surface area contributed by atoms with Crippen LogP contribution in [0.25, 0.3) is 0 Å². The maximum absolute atomic E-state index is 12.0. The minimum absolute atomic E-state index is 0.0549. The number of anilines is 1. The van der Waals surface area contributed by atoms with Crippen LogP contribution in [-0.4, -0.2) is 28.6 Å². The Kier molecular flexibility index (Phi) is 4.00. The van der Waals surface area contributed by atoms with Crippen molar-refractivity contribution in [3.05, 3.63) is 24.3 Å². The Hall–Kier alpha value is -1.49. The van der Waals surface area contributed by atoms with E-state index in [9.17, 15) is 30.0 Å². The molecule has 11 heteroatoms. The fourth-order valence-corrected chi connectivity index (χ4v) is 1.99. The van der Waals surface area contributed by atoms with Gasteiger partial charge in [0.05, 0.1) is 6.26 Å². The van der Waals surface area contributed by atoms with Crippen molar-refractivity contribution in [1.29, 1.82) is 0 Å². The maximum Gasteiger partial charge on any atom is 0.534 e. The Balaban J connectivity index is 2.90. The summed E-state index contributed by atoms with van der Waals surface area (Å²) in [6.07, 6.45) is 0.880. The highest BCUT2D eigenvalue weighted by Crippen LogP contribution is 2.27. The molecular formula is C8H8F3NO5S2. The van der Waals surface area contributed by atoms with E-state index in [4.69, 9.17) is 0 Å². The molecule has 0 spiro atoms. The van der Waals surface area contributed by atoms with Crippen molar-refractivity contribution in [1.82, 2.24) is 0 Å². The van der Waals surface area contributed by atoms with Crippen LogP contribution in [0.2, 0.25) is 0 Å². The lowest BCUT2D eigenvalue weighted by Gasteiger charge is -2.10. The van der Waals surface area contributed by atoms with Crippen LogP contribution in [0.4, 0.5) is 18.9 Å². The second kappa shape index (κ2) is 4.89. The van der Waals surface area contributed by atoms with Gasteiger partial charge in [-0.3, -0.25) is 4.72 Å². The first-order valence-corrected chi connectivity index (χ1v) is 7.79. The summed E-state index contributed by atoms with van der Waals surface area (Å²) < 4.78 is 85.0. The molecule has 0 aliphatic rings. The molecule has 1 N–H and O–H groups in total. The molecule has 0 amide bonds. The highest BCUT2D eigenvalue weighted by Gasteiger charge is 2.48. The van der Waals surface area contributed by atoms with Crippen LogP contribution in [0.15, 0.2) is 24.3 Å². The van der Waals surface area contributed by atoms with Crippen LogP contribution in [0.1, 0.15) is 0 Å². The normalized spacial score (nSPS) is 13.1. The highest BCUT2D eigenvalue weighted by atomic mass is 32.2. The van der Waals surface area contributed by atoms with Gasteiger partial charge >= 0.3 is 15.6 Å². The number of rotatable bonds is 4. The molecule has 0 saturated heterocycles. The van der Waals surface area contributed by atoms with Crippen molar-refractivity contribution in [3.63, 3.8) is 0 Å². The molecular weight excluding hydrogens is 311 g/mol. The van der Waals surface area contributed by atoms with Crippen LogP contribution in [-0.2, 0) is 20.1 Å². The van der Waals surface area contributed by atoms with Gasteiger partial charge in [0.15, 0.2) is 0 Å². The van der Waals surface area contributed by atoms with Crippen LogP contribution in [0, 0.1) is 0 Å². The molecule has 0 aliphatic carbocycles. The SMILES string of the molecule is CS(=O)(=O)Nc1ccc(OS(=O)(=O)C(F)(F)F)cc1. The van der Waals surface area contributed by atoms with Crippen molar-refractivity contribution >= 4 is 25.8 Å². The van der Waals surface area contributed by atoms with Crippen LogP contribution in [0.3, 0.4) is 0 Å². The van der Waals surface area contributed by atoms with E-state index in [0.29, 0.717) is 0 Å². The first-order chi connectivity index (χ1) is 8.41. The average molecular weight is 319 g/mol. The number of sulfonamides is 1. The fourth-order valence-electron chi connectivity index (χ4n) is 0.967. The van der Waals surface area contributed by atoms with E-state index in [1.54, 1.807) is 0 Å².